The molecule has 0 saturated carbocycles. The third-order valence-electron chi connectivity index (χ3n) is 1.76. The molecule has 5 heteroatoms. The minimum atomic E-state index is -1.65. The van der Waals surface area contributed by atoms with Gasteiger partial charge in [0.25, 0.3) is 0 Å². The predicted octanol–water partition coefficient (Wildman–Crippen LogP) is 2.70. The van der Waals surface area contributed by atoms with Crippen LogP contribution in [0.5, 0.6) is 0 Å². The Morgan fingerprint density at radius 2 is 2.14 bits per heavy atom. The third-order valence-corrected chi connectivity index (χ3v) is 2.34. The van der Waals surface area contributed by atoms with E-state index in [1.165, 1.54) is 18.2 Å². The molecule has 1 N–H and O–H groups in total. The lowest BCUT2D eigenvalue weighted by molar-refractivity contribution is -0.108. The fourth-order valence-electron chi connectivity index (χ4n) is 1.08. The Balaban J connectivity index is 3.27. The van der Waals surface area contributed by atoms with E-state index in [9.17, 15) is 9.18 Å². The van der Waals surface area contributed by atoms with Gasteiger partial charge in [-0.1, -0.05) is 29.3 Å². The summed E-state index contributed by atoms with van der Waals surface area (Å²) in [5.41, 5.74) is 0.724. The first-order valence-electron chi connectivity index (χ1n) is 3.83. The van der Waals surface area contributed by atoms with Crippen molar-refractivity contribution in [2.75, 3.05) is 12.4 Å². The Bertz CT molecular complexity index is 355. The maximum Gasteiger partial charge on any atom is 0.199 e. The van der Waals surface area contributed by atoms with Crippen LogP contribution in [0.3, 0.4) is 0 Å². The fourth-order valence-corrected chi connectivity index (χ4v) is 1.41. The van der Waals surface area contributed by atoms with Crippen LogP contribution in [0, 0.1) is 5.82 Å². The largest absolute Gasteiger partial charge is 0.388 e. The van der Waals surface area contributed by atoms with Crippen LogP contribution in [-0.2, 0) is 9.13 Å². The molecule has 0 unspecified atom stereocenters. The summed E-state index contributed by atoms with van der Waals surface area (Å²) in [5, 5.41) is 2.71. The van der Waals surface area contributed by atoms with E-state index in [0.717, 1.165) is 0 Å². The van der Waals surface area contributed by atoms with Crippen LogP contribution in [0.2, 0.25) is 0 Å². The number of aldehydes is 1. The highest BCUT2D eigenvalue weighted by atomic mass is 35.5. The second-order valence-corrected chi connectivity index (χ2v) is 4.07. The summed E-state index contributed by atoms with van der Waals surface area (Å²) in [4.78, 5) is 10.6. The molecule has 0 spiro atoms. The van der Waals surface area contributed by atoms with E-state index in [4.69, 9.17) is 23.2 Å². The number of hydrogen-bond donors (Lipinski definition) is 1. The number of anilines is 1. The highest BCUT2D eigenvalue weighted by Gasteiger charge is 2.28. The van der Waals surface area contributed by atoms with Crippen LogP contribution in [-0.4, -0.2) is 13.3 Å². The van der Waals surface area contributed by atoms with Gasteiger partial charge in [0.05, 0.1) is 0 Å². The van der Waals surface area contributed by atoms with Gasteiger partial charge in [0, 0.05) is 18.3 Å². The number of benzene rings is 1. The van der Waals surface area contributed by atoms with Gasteiger partial charge in [-0.25, -0.2) is 4.39 Å². The van der Waals surface area contributed by atoms with Crippen molar-refractivity contribution in [1.82, 2.24) is 0 Å². The van der Waals surface area contributed by atoms with Crippen molar-refractivity contribution in [3.05, 3.63) is 29.6 Å². The molecular formula is C9H8Cl2FNO. The van der Waals surface area contributed by atoms with E-state index in [-0.39, 0.29) is 0 Å². The summed E-state index contributed by atoms with van der Waals surface area (Å²) in [5.74, 6) is -0.423. The van der Waals surface area contributed by atoms with Crippen LogP contribution < -0.4 is 5.32 Å². The monoisotopic (exact) mass is 235 g/mol. The van der Waals surface area contributed by atoms with Gasteiger partial charge in [-0.2, -0.15) is 0 Å². The lowest BCUT2D eigenvalue weighted by Gasteiger charge is -2.16. The Morgan fingerprint density at radius 3 is 2.64 bits per heavy atom. The molecule has 76 valence electrons. The van der Waals surface area contributed by atoms with Gasteiger partial charge in [0.2, 0.25) is 0 Å². The standard InChI is InChI=1S/C9H8Cl2FNO/c1-13-8-4-6(12)2-3-7(8)9(10,11)5-14/h2-5,13H,1H3. The summed E-state index contributed by atoms with van der Waals surface area (Å²) in [6, 6.07) is 3.78. The van der Waals surface area contributed by atoms with Gasteiger partial charge >= 0.3 is 0 Å². The van der Waals surface area contributed by atoms with E-state index in [0.29, 0.717) is 17.5 Å². The highest BCUT2D eigenvalue weighted by Crippen LogP contribution is 2.36. The zero-order chi connectivity index (χ0) is 10.8. The van der Waals surface area contributed by atoms with Crippen LogP contribution in [0.15, 0.2) is 18.2 Å². The number of alkyl halides is 2. The average Bonchev–Trinajstić information content (AvgIpc) is 2.17. The van der Waals surface area contributed by atoms with Crippen LogP contribution >= 0.6 is 23.2 Å². The highest BCUT2D eigenvalue weighted by molar-refractivity contribution is 6.55. The quantitative estimate of drug-likeness (QED) is 0.645. The first kappa shape index (κ1) is 11.3. The van der Waals surface area contributed by atoms with Crippen molar-refractivity contribution in [1.29, 1.82) is 0 Å². The number of carbonyl (C=O) groups is 1. The lowest BCUT2D eigenvalue weighted by Crippen LogP contribution is -2.14. The van der Waals surface area contributed by atoms with Crippen LogP contribution in [0.1, 0.15) is 5.56 Å². The molecule has 0 bridgehead atoms. The SMILES string of the molecule is CNc1cc(F)ccc1C(Cl)(Cl)C=O. The molecule has 1 aromatic rings. The van der Waals surface area contributed by atoms with Gasteiger partial charge in [0.1, 0.15) is 5.82 Å². The second kappa shape index (κ2) is 4.15. The van der Waals surface area contributed by atoms with E-state index in [1.54, 1.807) is 7.05 Å². The second-order valence-electron chi connectivity index (χ2n) is 2.68. The summed E-state index contributed by atoms with van der Waals surface area (Å²) in [7, 11) is 1.59. The lowest BCUT2D eigenvalue weighted by atomic mass is 10.1. The minimum absolute atomic E-state index is 0.333. The molecule has 0 aliphatic heterocycles. The molecule has 2 nitrogen and oxygen atoms in total. The molecule has 0 fully saturated rings. The van der Waals surface area contributed by atoms with Gasteiger partial charge in [-0.15, -0.1) is 0 Å². The molecule has 1 rings (SSSR count). The fraction of sp³-hybridized carbons (Fsp3) is 0.222. The minimum Gasteiger partial charge on any atom is -0.388 e. The maximum absolute atomic E-state index is 12.8. The van der Waals surface area contributed by atoms with Crippen LogP contribution in [0.4, 0.5) is 10.1 Å². The van der Waals surface area contributed by atoms with Crippen molar-refractivity contribution < 1.29 is 9.18 Å². The molecule has 0 aromatic heterocycles. The first-order valence-corrected chi connectivity index (χ1v) is 4.59. The summed E-state index contributed by atoms with van der Waals surface area (Å²) in [6.45, 7) is 0. The third kappa shape index (κ3) is 2.16. The molecule has 0 amide bonds. The molecular weight excluding hydrogens is 228 g/mol. The van der Waals surface area contributed by atoms with E-state index >= 15 is 0 Å². The molecule has 1 aromatic carbocycles. The van der Waals surface area contributed by atoms with E-state index < -0.39 is 10.2 Å². The van der Waals surface area contributed by atoms with Crippen molar-refractivity contribution in [3.63, 3.8) is 0 Å². The maximum atomic E-state index is 12.8. The Morgan fingerprint density at radius 1 is 1.50 bits per heavy atom. The molecule has 0 atom stereocenters. The van der Waals surface area contributed by atoms with Crippen molar-refractivity contribution >= 4 is 35.2 Å². The number of rotatable bonds is 3. The molecule has 0 radical (unpaired) electrons. The average molecular weight is 236 g/mol. The van der Waals surface area contributed by atoms with Crippen LogP contribution in [0.25, 0.3) is 0 Å². The summed E-state index contributed by atoms with van der Waals surface area (Å²) < 4.78 is 11.2. The predicted molar refractivity (Wildman–Crippen MR) is 55.4 cm³/mol. The molecule has 0 saturated heterocycles. The number of hydrogen-bond acceptors (Lipinski definition) is 2. The van der Waals surface area contributed by atoms with Crippen molar-refractivity contribution in [2.45, 2.75) is 4.33 Å². The number of nitrogens with one attached hydrogen (secondary N) is 1. The molecule has 14 heavy (non-hydrogen) atoms. The van der Waals surface area contributed by atoms with Gasteiger partial charge in [-0.3, -0.25) is 4.79 Å². The zero-order valence-corrected chi connectivity index (χ0v) is 8.86. The first-order chi connectivity index (χ1) is 6.51. The summed E-state index contributed by atoms with van der Waals surface area (Å²) >= 11 is 11.4. The smallest absolute Gasteiger partial charge is 0.199 e. The van der Waals surface area contributed by atoms with Gasteiger partial charge < -0.3 is 5.32 Å². The van der Waals surface area contributed by atoms with E-state index in [1.807, 2.05) is 0 Å². The Labute approximate surface area is 91.0 Å². The van der Waals surface area contributed by atoms with E-state index in [2.05, 4.69) is 5.32 Å². The van der Waals surface area contributed by atoms with Crippen molar-refractivity contribution in [2.24, 2.45) is 0 Å². The Kier molecular flexibility index (Phi) is 3.34. The molecule has 0 aliphatic carbocycles. The summed E-state index contributed by atoms with van der Waals surface area (Å²) in [6.07, 6.45) is 0.393. The van der Waals surface area contributed by atoms with Gasteiger partial charge in [-0.05, 0) is 12.1 Å². The normalized spacial score (nSPS) is 11.1. The Hall–Kier alpha value is -0.800. The molecule has 0 heterocycles. The van der Waals surface area contributed by atoms with Crippen molar-refractivity contribution in [3.8, 4) is 0 Å². The zero-order valence-electron chi connectivity index (χ0n) is 7.35. The van der Waals surface area contributed by atoms with Gasteiger partial charge in [0.15, 0.2) is 10.6 Å². The topological polar surface area (TPSA) is 29.1 Å². The number of carbonyl (C=O) groups excluding carboxylic acids is 1. The number of halogens is 3. The molecule has 0 aliphatic rings.